The molecule has 1 atom stereocenters. The molecule has 0 aliphatic heterocycles. The maximum absolute atomic E-state index is 9.68. The van der Waals surface area contributed by atoms with E-state index < -0.39 is 0 Å². The highest BCUT2D eigenvalue weighted by molar-refractivity contribution is 7.99. The van der Waals surface area contributed by atoms with Crippen LogP contribution in [0.3, 0.4) is 0 Å². The number of thioether (sulfide) groups is 1. The van der Waals surface area contributed by atoms with Crippen LogP contribution in [-0.4, -0.2) is 26.6 Å². The summed E-state index contributed by atoms with van der Waals surface area (Å²) in [5, 5.41) is 14.4. The molecule has 1 N–H and O–H groups in total. The van der Waals surface area contributed by atoms with Crippen molar-refractivity contribution in [1.82, 2.24) is 10.1 Å². The molecule has 18 heavy (non-hydrogen) atoms. The molecule has 1 aliphatic carbocycles. The average molecular weight is 270 g/mol. The number of rotatable bonds is 7. The number of hydrogen-bond acceptors (Lipinski definition) is 5. The summed E-state index contributed by atoms with van der Waals surface area (Å²) in [7, 11) is 0. The Hall–Kier alpha value is -0.550. The molecule has 1 unspecified atom stereocenters. The van der Waals surface area contributed by atoms with Gasteiger partial charge in [-0.2, -0.15) is 16.7 Å². The summed E-state index contributed by atoms with van der Waals surface area (Å²) in [6.45, 7) is 2.06. The molecule has 0 amide bonds. The zero-order chi connectivity index (χ0) is 12.8. The standard InChI is InChI=1S/C13H22N2O2S/c1-2-5-10(16)8-13-14-12(15-17-13)9-18-11-6-3-4-7-11/h10-11,16H,2-9H2,1H3. The first kappa shape index (κ1) is 13.9. The largest absolute Gasteiger partial charge is 0.393 e. The highest BCUT2D eigenvalue weighted by Crippen LogP contribution is 2.30. The molecule has 0 bridgehead atoms. The van der Waals surface area contributed by atoms with Crippen molar-refractivity contribution >= 4 is 11.8 Å². The summed E-state index contributed by atoms with van der Waals surface area (Å²) in [6, 6.07) is 0. The number of nitrogens with zero attached hydrogens (tertiary/aromatic N) is 2. The van der Waals surface area contributed by atoms with Crippen molar-refractivity contribution < 1.29 is 9.63 Å². The van der Waals surface area contributed by atoms with Crippen LogP contribution in [0.4, 0.5) is 0 Å². The van der Waals surface area contributed by atoms with E-state index in [1.807, 2.05) is 11.8 Å². The molecule has 0 spiro atoms. The number of aromatic nitrogens is 2. The Morgan fingerprint density at radius 2 is 2.22 bits per heavy atom. The van der Waals surface area contributed by atoms with Crippen LogP contribution in [0.15, 0.2) is 4.52 Å². The fraction of sp³-hybridized carbons (Fsp3) is 0.846. The molecule has 1 aromatic heterocycles. The van der Waals surface area contributed by atoms with Gasteiger partial charge in [-0.1, -0.05) is 31.3 Å². The fourth-order valence-corrected chi connectivity index (χ4v) is 3.48. The van der Waals surface area contributed by atoms with Crippen LogP contribution in [0, 0.1) is 0 Å². The van der Waals surface area contributed by atoms with Gasteiger partial charge in [-0.15, -0.1) is 0 Å². The smallest absolute Gasteiger partial charge is 0.229 e. The van der Waals surface area contributed by atoms with Gasteiger partial charge in [0.15, 0.2) is 5.82 Å². The summed E-state index contributed by atoms with van der Waals surface area (Å²) in [6.07, 6.45) is 7.25. The van der Waals surface area contributed by atoms with Crippen molar-refractivity contribution in [3.05, 3.63) is 11.7 Å². The van der Waals surface area contributed by atoms with Crippen LogP contribution in [0.1, 0.15) is 57.2 Å². The minimum Gasteiger partial charge on any atom is -0.393 e. The van der Waals surface area contributed by atoms with E-state index in [1.165, 1.54) is 25.7 Å². The zero-order valence-electron chi connectivity index (χ0n) is 11.0. The monoisotopic (exact) mass is 270 g/mol. The summed E-state index contributed by atoms with van der Waals surface area (Å²) < 4.78 is 5.16. The second kappa shape index (κ2) is 7.14. The molecular weight excluding hydrogens is 248 g/mol. The van der Waals surface area contributed by atoms with E-state index >= 15 is 0 Å². The molecular formula is C13H22N2O2S. The minimum absolute atomic E-state index is 0.356. The Balaban J connectivity index is 1.74. The van der Waals surface area contributed by atoms with Gasteiger partial charge in [-0.25, -0.2) is 0 Å². The first-order chi connectivity index (χ1) is 8.78. The van der Waals surface area contributed by atoms with Crippen molar-refractivity contribution in [2.45, 2.75) is 69.0 Å². The minimum atomic E-state index is -0.356. The Morgan fingerprint density at radius 3 is 2.94 bits per heavy atom. The van der Waals surface area contributed by atoms with E-state index in [0.29, 0.717) is 12.3 Å². The average Bonchev–Trinajstić information content (AvgIpc) is 2.97. The third-order valence-corrected chi connectivity index (χ3v) is 4.66. The molecule has 4 nitrogen and oxygen atoms in total. The molecule has 1 fully saturated rings. The van der Waals surface area contributed by atoms with E-state index in [2.05, 4.69) is 17.1 Å². The Bertz CT molecular complexity index is 351. The van der Waals surface area contributed by atoms with Gasteiger partial charge in [0.05, 0.1) is 18.3 Å². The van der Waals surface area contributed by atoms with Crippen LogP contribution in [0.5, 0.6) is 0 Å². The summed E-state index contributed by atoms with van der Waals surface area (Å²) >= 11 is 1.93. The van der Waals surface area contributed by atoms with Crippen LogP contribution in [0.25, 0.3) is 0 Å². The normalized spacial score (nSPS) is 18.3. The molecule has 0 radical (unpaired) electrons. The summed E-state index contributed by atoms with van der Waals surface area (Å²) in [4.78, 5) is 4.33. The van der Waals surface area contributed by atoms with Crippen molar-refractivity contribution in [2.24, 2.45) is 0 Å². The predicted molar refractivity (Wildman–Crippen MR) is 72.5 cm³/mol. The molecule has 102 valence electrons. The van der Waals surface area contributed by atoms with Crippen molar-refractivity contribution in [1.29, 1.82) is 0 Å². The van der Waals surface area contributed by atoms with Crippen molar-refractivity contribution in [3.8, 4) is 0 Å². The van der Waals surface area contributed by atoms with Crippen LogP contribution >= 0.6 is 11.8 Å². The quantitative estimate of drug-likeness (QED) is 0.825. The number of aliphatic hydroxyl groups is 1. The van der Waals surface area contributed by atoms with Gasteiger partial charge in [0.1, 0.15) is 0 Å². The van der Waals surface area contributed by atoms with Gasteiger partial charge in [0.25, 0.3) is 0 Å². The zero-order valence-corrected chi connectivity index (χ0v) is 11.8. The molecule has 1 aromatic rings. The van der Waals surface area contributed by atoms with Crippen molar-refractivity contribution in [2.75, 3.05) is 0 Å². The van der Waals surface area contributed by atoms with E-state index in [-0.39, 0.29) is 6.10 Å². The van der Waals surface area contributed by atoms with Gasteiger partial charge in [0, 0.05) is 5.25 Å². The van der Waals surface area contributed by atoms with Gasteiger partial charge < -0.3 is 9.63 Å². The van der Waals surface area contributed by atoms with Gasteiger partial charge >= 0.3 is 0 Å². The molecule has 2 rings (SSSR count). The lowest BCUT2D eigenvalue weighted by molar-refractivity contribution is 0.151. The van der Waals surface area contributed by atoms with Gasteiger partial charge in [-0.3, -0.25) is 0 Å². The topological polar surface area (TPSA) is 59.2 Å². The molecule has 1 heterocycles. The lowest BCUT2D eigenvalue weighted by Gasteiger charge is -2.05. The first-order valence-corrected chi connectivity index (χ1v) is 7.94. The SMILES string of the molecule is CCCC(O)Cc1nc(CSC2CCCC2)no1. The van der Waals surface area contributed by atoms with E-state index in [0.717, 1.165) is 29.7 Å². The maximum Gasteiger partial charge on any atom is 0.229 e. The van der Waals surface area contributed by atoms with Crippen LogP contribution in [0.2, 0.25) is 0 Å². The van der Waals surface area contributed by atoms with Crippen molar-refractivity contribution in [3.63, 3.8) is 0 Å². The first-order valence-electron chi connectivity index (χ1n) is 6.89. The van der Waals surface area contributed by atoms with Gasteiger partial charge in [-0.05, 0) is 19.3 Å². The second-order valence-electron chi connectivity index (χ2n) is 4.97. The van der Waals surface area contributed by atoms with Crippen LogP contribution < -0.4 is 0 Å². The lowest BCUT2D eigenvalue weighted by Crippen LogP contribution is -2.09. The fourth-order valence-electron chi connectivity index (χ4n) is 2.32. The molecule has 0 saturated heterocycles. The Labute approximate surface area is 113 Å². The third-order valence-electron chi connectivity index (χ3n) is 3.29. The Kier molecular flexibility index (Phi) is 5.50. The summed E-state index contributed by atoms with van der Waals surface area (Å²) in [5.74, 6) is 2.17. The second-order valence-corrected chi connectivity index (χ2v) is 6.26. The van der Waals surface area contributed by atoms with E-state index in [1.54, 1.807) is 0 Å². The molecule has 1 aliphatic rings. The molecule has 1 saturated carbocycles. The van der Waals surface area contributed by atoms with E-state index in [4.69, 9.17) is 4.52 Å². The number of aliphatic hydroxyl groups excluding tert-OH is 1. The predicted octanol–water partition coefficient (Wildman–Crippen LogP) is 2.95. The highest BCUT2D eigenvalue weighted by Gasteiger charge is 2.17. The maximum atomic E-state index is 9.68. The highest BCUT2D eigenvalue weighted by atomic mass is 32.2. The molecule has 0 aromatic carbocycles. The van der Waals surface area contributed by atoms with Crippen LogP contribution in [-0.2, 0) is 12.2 Å². The third kappa shape index (κ3) is 4.28. The molecule has 5 heteroatoms. The number of hydrogen-bond donors (Lipinski definition) is 1. The summed E-state index contributed by atoms with van der Waals surface area (Å²) in [5.41, 5.74) is 0. The lowest BCUT2D eigenvalue weighted by atomic mass is 10.1. The van der Waals surface area contributed by atoms with E-state index in [9.17, 15) is 5.11 Å². The van der Waals surface area contributed by atoms with Gasteiger partial charge in [0.2, 0.25) is 5.89 Å². The Morgan fingerprint density at radius 1 is 1.44 bits per heavy atom.